The van der Waals surface area contributed by atoms with Gasteiger partial charge in [0, 0.05) is 50.7 Å². The summed E-state index contributed by atoms with van der Waals surface area (Å²) in [6, 6.07) is 33.1. The number of esters is 2. The van der Waals surface area contributed by atoms with E-state index in [1.165, 1.54) is 23.3 Å². The Morgan fingerprint density at radius 2 is 0.864 bits per heavy atom. The van der Waals surface area contributed by atoms with Crippen molar-refractivity contribution in [2.24, 2.45) is 0 Å². The molecule has 0 amide bonds. The Bertz CT molecular complexity index is 1450. The highest BCUT2D eigenvalue weighted by molar-refractivity contribution is 5.81. The maximum absolute atomic E-state index is 11.3. The van der Waals surface area contributed by atoms with E-state index < -0.39 is 11.9 Å². The Kier molecular flexibility index (Phi) is 11.3. The average molecular weight is 587 g/mol. The number of ether oxygens (including phenoxy) is 2. The maximum atomic E-state index is 11.3. The van der Waals surface area contributed by atoms with E-state index >= 15 is 0 Å². The summed E-state index contributed by atoms with van der Waals surface area (Å²) < 4.78 is 10.2. The topological polar surface area (TPSA) is 59.1 Å². The molecule has 0 aromatic heterocycles. The van der Waals surface area contributed by atoms with Crippen molar-refractivity contribution in [2.45, 2.75) is 26.3 Å². The molecule has 0 radical (unpaired) electrons. The first kappa shape index (κ1) is 31.6. The molecule has 0 N–H and O–H groups in total. The van der Waals surface area contributed by atoms with Gasteiger partial charge in [0.05, 0.1) is 0 Å². The summed E-state index contributed by atoms with van der Waals surface area (Å²) in [5.74, 6) is -0.840. The number of hydrogen-bond acceptors (Lipinski definition) is 6. The lowest BCUT2D eigenvalue weighted by Gasteiger charge is -2.20. The van der Waals surface area contributed by atoms with E-state index in [2.05, 4.69) is 122 Å². The number of nitrogens with zero attached hydrogens (tertiary/aromatic N) is 2. The molecule has 44 heavy (non-hydrogen) atoms. The molecule has 4 aromatic carbocycles. The predicted molar refractivity (Wildman–Crippen MR) is 179 cm³/mol. The van der Waals surface area contributed by atoms with Gasteiger partial charge in [0.2, 0.25) is 0 Å². The standard InChI is InChI=1S/C38H38N2O4/c1-5-37(41)43-27-33-13-9-31(10-14-33)25-39(3)35-21-17-29(18-22-35)7-8-30-19-23-36(24-20-30)40(4)26-32-11-15-34(16-12-32)28-44-38(42)6-2/h5-24H,1-2,25-28H2,3-4H3. The van der Waals surface area contributed by atoms with Gasteiger partial charge >= 0.3 is 11.9 Å². The highest BCUT2D eigenvalue weighted by atomic mass is 16.5. The van der Waals surface area contributed by atoms with E-state index in [0.717, 1.165) is 46.7 Å². The minimum Gasteiger partial charge on any atom is -0.458 e. The van der Waals surface area contributed by atoms with Crippen LogP contribution in [0.1, 0.15) is 33.4 Å². The molecule has 0 atom stereocenters. The normalized spacial score (nSPS) is 10.7. The Hall–Kier alpha value is -5.36. The first-order chi connectivity index (χ1) is 21.3. The van der Waals surface area contributed by atoms with Crippen LogP contribution in [0.15, 0.2) is 122 Å². The van der Waals surface area contributed by atoms with Crippen molar-refractivity contribution >= 4 is 35.5 Å². The summed E-state index contributed by atoms with van der Waals surface area (Å²) in [4.78, 5) is 26.9. The summed E-state index contributed by atoms with van der Waals surface area (Å²) in [6.07, 6.45) is 6.58. The third-order valence-electron chi connectivity index (χ3n) is 7.12. The zero-order valence-electron chi connectivity index (χ0n) is 25.3. The second kappa shape index (κ2) is 15.8. The van der Waals surface area contributed by atoms with Gasteiger partial charge in [0.1, 0.15) is 13.2 Å². The van der Waals surface area contributed by atoms with Crippen LogP contribution in [-0.2, 0) is 45.4 Å². The fourth-order valence-corrected chi connectivity index (χ4v) is 4.51. The SMILES string of the molecule is C=CC(=O)OCc1ccc(CN(C)c2ccc(C=Cc3ccc(N(C)Cc4ccc(COC(=O)C=C)cc4)cc3)cc2)cc1. The van der Waals surface area contributed by atoms with Gasteiger partial charge in [-0.3, -0.25) is 0 Å². The number of carbonyl (C=O) groups is 2. The van der Waals surface area contributed by atoms with E-state index in [-0.39, 0.29) is 13.2 Å². The molecule has 0 aliphatic rings. The largest absolute Gasteiger partial charge is 0.458 e. The molecule has 0 bridgehead atoms. The summed E-state index contributed by atoms with van der Waals surface area (Å²) in [7, 11) is 4.14. The molecule has 0 aliphatic carbocycles. The van der Waals surface area contributed by atoms with Crippen LogP contribution in [0.2, 0.25) is 0 Å². The van der Waals surface area contributed by atoms with Crippen LogP contribution < -0.4 is 9.80 Å². The molecule has 0 saturated carbocycles. The summed E-state index contributed by atoms with van der Waals surface area (Å²) in [6.45, 7) is 8.84. The Morgan fingerprint density at radius 3 is 1.18 bits per heavy atom. The van der Waals surface area contributed by atoms with Crippen molar-refractivity contribution in [1.82, 2.24) is 0 Å². The van der Waals surface area contributed by atoms with E-state index in [1.54, 1.807) is 0 Å². The molecule has 0 fully saturated rings. The van der Waals surface area contributed by atoms with E-state index in [9.17, 15) is 9.59 Å². The zero-order chi connectivity index (χ0) is 31.3. The van der Waals surface area contributed by atoms with Crippen LogP contribution in [0.25, 0.3) is 12.2 Å². The second-order valence-corrected chi connectivity index (χ2v) is 10.5. The molecule has 0 spiro atoms. The minimum atomic E-state index is -0.420. The monoisotopic (exact) mass is 586 g/mol. The first-order valence-electron chi connectivity index (χ1n) is 14.4. The quantitative estimate of drug-likeness (QED) is 0.0862. The maximum Gasteiger partial charge on any atom is 0.330 e. The van der Waals surface area contributed by atoms with E-state index in [0.29, 0.717) is 0 Å². The fourth-order valence-electron chi connectivity index (χ4n) is 4.51. The highest BCUT2D eigenvalue weighted by Gasteiger charge is 2.06. The minimum absolute atomic E-state index is 0.242. The Balaban J connectivity index is 1.26. The van der Waals surface area contributed by atoms with Crippen LogP contribution in [0, 0.1) is 0 Å². The van der Waals surface area contributed by atoms with Crippen molar-refractivity contribution in [3.63, 3.8) is 0 Å². The third kappa shape index (κ3) is 9.60. The number of rotatable bonds is 14. The second-order valence-electron chi connectivity index (χ2n) is 10.5. The van der Waals surface area contributed by atoms with Gasteiger partial charge in [-0.25, -0.2) is 9.59 Å². The number of carbonyl (C=O) groups excluding carboxylic acids is 2. The molecular formula is C38H38N2O4. The van der Waals surface area contributed by atoms with Gasteiger partial charge in [0.25, 0.3) is 0 Å². The van der Waals surface area contributed by atoms with Crippen LogP contribution in [-0.4, -0.2) is 26.0 Å². The molecule has 4 aromatic rings. The molecule has 0 aliphatic heterocycles. The summed E-state index contributed by atoms with van der Waals surface area (Å²) in [5.41, 5.74) is 8.75. The van der Waals surface area contributed by atoms with Crippen LogP contribution in [0.4, 0.5) is 11.4 Å². The fraction of sp³-hybridized carbons (Fsp3) is 0.158. The average Bonchev–Trinajstić information content (AvgIpc) is 3.06. The van der Waals surface area contributed by atoms with Crippen molar-refractivity contribution in [3.05, 3.63) is 156 Å². The Labute approximate surface area is 260 Å². The van der Waals surface area contributed by atoms with Crippen molar-refractivity contribution in [1.29, 1.82) is 0 Å². The number of anilines is 2. The lowest BCUT2D eigenvalue weighted by Crippen LogP contribution is -2.16. The third-order valence-corrected chi connectivity index (χ3v) is 7.12. The van der Waals surface area contributed by atoms with Crippen molar-refractivity contribution < 1.29 is 19.1 Å². The molecular weight excluding hydrogens is 548 g/mol. The summed E-state index contributed by atoms with van der Waals surface area (Å²) in [5, 5.41) is 0. The van der Waals surface area contributed by atoms with Gasteiger partial charge in [-0.05, 0) is 57.6 Å². The first-order valence-corrected chi connectivity index (χ1v) is 14.4. The van der Waals surface area contributed by atoms with Crippen LogP contribution >= 0.6 is 0 Å². The van der Waals surface area contributed by atoms with Crippen LogP contribution in [0.3, 0.4) is 0 Å². The van der Waals surface area contributed by atoms with Gasteiger partial charge in [-0.2, -0.15) is 0 Å². The molecule has 0 heterocycles. The lowest BCUT2D eigenvalue weighted by atomic mass is 10.1. The molecule has 4 rings (SSSR count). The summed E-state index contributed by atoms with van der Waals surface area (Å²) >= 11 is 0. The highest BCUT2D eigenvalue weighted by Crippen LogP contribution is 2.21. The van der Waals surface area contributed by atoms with Crippen LogP contribution in [0.5, 0.6) is 0 Å². The molecule has 6 heteroatoms. The van der Waals surface area contributed by atoms with E-state index in [4.69, 9.17) is 9.47 Å². The van der Waals surface area contributed by atoms with Gasteiger partial charge in [-0.15, -0.1) is 0 Å². The van der Waals surface area contributed by atoms with Gasteiger partial charge in [-0.1, -0.05) is 98.1 Å². The van der Waals surface area contributed by atoms with Crippen molar-refractivity contribution in [3.8, 4) is 0 Å². The zero-order valence-corrected chi connectivity index (χ0v) is 25.3. The Morgan fingerprint density at radius 1 is 0.545 bits per heavy atom. The number of hydrogen-bond donors (Lipinski definition) is 0. The number of benzene rings is 4. The molecule has 6 nitrogen and oxygen atoms in total. The lowest BCUT2D eigenvalue weighted by molar-refractivity contribution is -0.139. The smallest absolute Gasteiger partial charge is 0.330 e. The van der Waals surface area contributed by atoms with E-state index in [1.807, 2.05) is 24.3 Å². The molecule has 0 unspecified atom stereocenters. The van der Waals surface area contributed by atoms with Gasteiger partial charge in [0.15, 0.2) is 0 Å². The van der Waals surface area contributed by atoms with Gasteiger partial charge < -0.3 is 19.3 Å². The van der Waals surface area contributed by atoms with Crippen molar-refractivity contribution in [2.75, 3.05) is 23.9 Å². The predicted octanol–water partition coefficient (Wildman–Crippen LogP) is 7.59. The molecule has 0 saturated heterocycles. The molecule has 224 valence electrons.